The summed E-state index contributed by atoms with van der Waals surface area (Å²) >= 11 is 0. The third-order valence-electron chi connectivity index (χ3n) is 5.87. The van der Waals surface area contributed by atoms with Crippen molar-refractivity contribution >= 4 is 11.4 Å². The monoisotopic (exact) mass is 320 g/mol. The predicted octanol–water partition coefficient (Wildman–Crippen LogP) is 4.50. The number of likely N-dealkylation sites (N-methyl/N-ethyl adjacent to an activating group) is 1. The van der Waals surface area contributed by atoms with E-state index in [4.69, 9.17) is 4.84 Å². The minimum Gasteiger partial charge on any atom is -0.366 e. The lowest BCUT2D eigenvalue weighted by Crippen LogP contribution is -2.54. The van der Waals surface area contributed by atoms with Gasteiger partial charge in [0.05, 0.1) is 17.5 Å². The van der Waals surface area contributed by atoms with Crippen molar-refractivity contribution in [2.24, 2.45) is 5.16 Å². The summed E-state index contributed by atoms with van der Waals surface area (Å²) in [6, 6.07) is 17.3. The van der Waals surface area contributed by atoms with Crippen LogP contribution in [0.15, 0.2) is 53.7 Å². The second kappa shape index (κ2) is 5.10. The van der Waals surface area contributed by atoms with Crippen molar-refractivity contribution in [3.63, 3.8) is 0 Å². The molecular formula is C21H24N2O. The molecule has 0 saturated carbocycles. The molecule has 0 radical (unpaired) electrons. The first kappa shape index (κ1) is 15.3. The minimum absolute atomic E-state index is 0.132. The Morgan fingerprint density at radius 1 is 1.08 bits per heavy atom. The van der Waals surface area contributed by atoms with Gasteiger partial charge in [-0.05, 0) is 43.0 Å². The average molecular weight is 320 g/mol. The highest BCUT2D eigenvalue weighted by Gasteiger charge is 2.61. The zero-order valence-corrected chi connectivity index (χ0v) is 14.8. The van der Waals surface area contributed by atoms with Gasteiger partial charge in [-0.25, -0.2) is 0 Å². The van der Waals surface area contributed by atoms with Crippen LogP contribution < -0.4 is 4.90 Å². The molecule has 1 spiro atoms. The number of oxime groups is 1. The van der Waals surface area contributed by atoms with E-state index in [2.05, 4.69) is 86.4 Å². The zero-order chi connectivity index (χ0) is 16.9. The number of nitrogens with zero attached hydrogens (tertiary/aromatic N) is 2. The van der Waals surface area contributed by atoms with E-state index in [9.17, 15) is 0 Å². The Kier molecular flexibility index (Phi) is 3.24. The maximum absolute atomic E-state index is 6.15. The van der Waals surface area contributed by atoms with Gasteiger partial charge in [-0.1, -0.05) is 54.5 Å². The molecular weight excluding hydrogens is 296 g/mol. The second-order valence-corrected chi connectivity index (χ2v) is 7.34. The Labute approximate surface area is 143 Å². The van der Waals surface area contributed by atoms with Crippen molar-refractivity contribution in [2.45, 2.75) is 44.8 Å². The molecule has 3 heteroatoms. The third kappa shape index (κ3) is 1.87. The highest BCUT2D eigenvalue weighted by Crippen LogP contribution is 2.55. The van der Waals surface area contributed by atoms with E-state index in [-0.39, 0.29) is 5.41 Å². The van der Waals surface area contributed by atoms with E-state index in [1.807, 2.05) is 0 Å². The quantitative estimate of drug-likeness (QED) is 0.814. The summed E-state index contributed by atoms with van der Waals surface area (Å²) in [6.45, 7) is 6.69. The molecule has 124 valence electrons. The maximum atomic E-state index is 6.15. The summed E-state index contributed by atoms with van der Waals surface area (Å²) in [5.41, 5.74) is 5.52. The second-order valence-electron chi connectivity index (χ2n) is 7.34. The van der Waals surface area contributed by atoms with Crippen molar-refractivity contribution in [3.05, 3.63) is 65.2 Å². The van der Waals surface area contributed by atoms with Crippen LogP contribution in [0.1, 0.15) is 43.9 Å². The molecule has 0 aromatic heterocycles. The summed E-state index contributed by atoms with van der Waals surface area (Å²) in [7, 11) is 2.12. The highest BCUT2D eigenvalue weighted by molar-refractivity contribution is 6.02. The summed E-state index contributed by atoms with van der Waals surface area (Å²) in [6.07, 6.45) is 1.84. The van der Waals surface area contributed by atoms with Crippen molar-refractivity contribution < 1.29 is 4.84 Å². The average Bonchev–Trinajstić information content (AvgIpc) is 3.13. The number of aryl methyl sites for hydroxylation is 1. The van der Waals surface area contributed by atoms with Crippen molar-refractivity contribution in [1.82, 2.24) is 0 Å². The molecule has 1 atom stereocenters. The number of fused-ring (bicyclic) bond motifs is 1. The van der Waals surface area contributed by atoms with Gasteiger partial charge in [0, 0.05) is 12.7 Å². The normalized spacial score (nSPS) is 24.0. The molecule has 3 nitrogen and oxygen atoms in total. The molecule has 0 aliphatic carbocycles. The first-order valence-electron chi connectivity index (χ1n) is 8.67. The van der Waals surface area contributed by atoms with Crippen molar-refractivity contribution in [1.29, 1.82) is 0 Å². The first-order valence-corrected chi connectivity index (χ1v) is 8.67. The zero-order valence-electron chi connectivity index (χ0n) is 14.8. The lowest BCUT2D eigenvalue weighted by Gasteiger charge is -2.40. The van der Waals surface area contributed by atoms with Gasteiger partial charge in [-0.2, -0.15) is 0 Å². The number of hydrogen-bond donors (Lipinski definition) is 0. The summed E-state index contributed by atoms with van der Waals surface area (Å²) in [5.74, 6) is 0. The van der Waals surface area contributed by atoms with Crippen LogP contribution >= 0.6 is 0 Å². The SMILES string of the molecule is CCc1ccc(C2=NOC3(C2)N(C)c2ccccc2C3(C)C)cc1. The minimum atomic E-state index is -0.449. The number of para-hydroxylation sites is 1. The lowest BCUT2D eigenvalue weighted by molar-refractivity contribution is -0.0591. The molecule has 2 aromatic carbocycles. The number of rotatable bonds is 2. The van der Waals surface area contributed by atoms with Gasteiger partial charge in [-0.3, -0.25) is 0 Å². The van der Waals surface area contributed by atoms with Gasteiger partial charge in [0.2, 0.25) is 5.72 Å². The smallest absolute Gasteiger partial charge is 0.224 e. The van der Waals surface area contributed by atoms with Crippen LogP contribution in [-0.4, -0.2) is 18.5 Å². The topological polar surface area (TPSA) is 24.8 Å². The van der Waals surface area contributed by atoms with E-state index in [1.54, 1.807) is 0 Å². The summed E-state index contributed by atoms with van der Waals surface area (Å²) in [4.78, 5) is 8.41. The Morgan fingerprint density at radius 3 is 2.46 bits per heavy atom. The molecule has 2 heterocycles. The molecule has 2 aromatic rings. The van der Waals surface area contributed by atoms with Crippen LogP contribution in [0.4, 0.5) is 5.69 Å². The molecule has 2 aliphatic heterocycles. The van der Waals surface area contributed by atoms with Crippen LogP contribution in [0, 0.1) is 0 Å². The molecule has 0 fully saturated rings. The largest absolute Gasteiger partial charge is 0.366 e. The van der Waals surface area contributed by atoms with Crippen LogP contribution in [0.5, 0.6) is 0 Å². The van der Waals surface area contributed by atoms with Gasteiger partial charge >= 0.3 is 0 Å². The molecule has 0 N–H and O–H groups in total. The van der Waals surface area contributed by atoms with Gasteiger partial charge in [0.15, 0.2) is 0 Å². The number of benzene rings is 2. The first-order chi connectivity index (χ1) is 11.5. The van der Waals surface area contributed by atoms with Crippen LogP contribution in [0.2, 0.25) is 0 Å². The third-order valence-corrected chi connectivity index (χ3v) is 5.87. The molecule has 0 saturated heterocycles. The lowest BCUT2D eigenvalue weighted by atomic mass is 9.75. The molecule has 1 unspecified atom stereocenters. The highest BCUT2D eigenvalue weighted by atomic mass is 16.7. The van der Waals surface area contributed by atoms with E-state index >= 15 is 0 Å². The van der Waals surface area contributed by atoms with Crippen LogP contribution in [0.25, 0.3) is 0 Å². The Hall–Kier alpha value is -2.29. The number of anilines is 1. The van der Waals surface area contributed by atoms with Gasteiger partial charge < -0.3 is 9.74 Å². The van der Waals surface area contributed by atoms with E-state index in [1.165, 1.54) is 16.8 Å². The number of hydrogen-bond acceptors (Lipinski definition) is 3. The fourth-order valence-electron chi connectivity index (χ4n) is 4.14. The van der Waals surface area contributed by atoms with E-state index in [0.29, 0.717) is 0 Å². The Bertz CT molecular complexity index is 807. The molecule has 4 rings (SSSR count). The predicted molar refractivity (Wildman–Crippen MR) is 98.7 cm³/mol. The van der Waals surface area contributed by atoms with Crippen LogP contribution in [-0.2, 0) is 16.7 Å². The molecule has 2 aliphatic rings. The Balaban J connectivity index is 1.69. The van der Waals surface area contributed by atoms with E-state index < -0.39 is 5.72 Å². The van der Waals surface area contributed by atoms with Gasteiger partial charge in [-0.15, -0.1) is 0 Å². The standard InChI is InChI=1S/C21H24N2O/c1-5-15-10-12-16(13-11-15)18-14-21(24-22-18)20(2,3)17-8-6-7-9-19(17)23(21)4/h6-13H,5,14H2,1-4H3. The molecule has 0 amide bonds. The van der Waals surface area contributed by atoms with Crippen molar-refractivity contribution in [2.75, 3.05) is 11.9 Å². The van der Waals surface area contributed by atoms with Crippen LogP contribution in [0.3, 0.4) is 0 Å². The van der Waals surface area contributed by atoms with Gasteiger partial charge in [0.1, 0.15) is 0 Å². The molecule has 24 heavy (non-hydrogen) atoms. The fraction of sp³-hybridized carbons (Fsp3) is 0.381. The maximum Gasteiger partial charge on any atom is 0.224 e. The summed E-state index contributed by atoms with van der Waals surface area (Å²) < 4.78 is 0. The van der Waals surface area contributed by atoms with Crippen molar-refractivity contribution in [3.8, 4) is 0 Å². The summed E-state index contributed by atoms with van der Waals surface area (Å²) in [5, 5.41) is 4.50. The van der Waals surface area contributed by atoms with E-state index in [0.717, 1.165) is 24.1 Å². The molecule has 0 bridgehead atoms. The fourth-order valence-corrected chi connectivity index (χ4v) is 4.14. The van der Waals surface area contributed by atoms with Gasteiger partial charge in [0.25, 0.3) is 0 Å². The Morgan fingerprint density at radius 2 is 1.79 bits per heavy atom.